The molecule has 1 aromatic rings. The van der Waals surface area contributed by atoms with Crippen LogP contribution >= 0.6 is 11.8 Å². The summed E-state index contributed by atoms with van der Waals surface area (Å²) < 4.78 is 1.89. The number of rotatable bonds is 3. The molecule has 120 valence electrons. The van der Waals surface area contributed by atoms with Gasteiger partial charge in [-0.2, -0.15) is 0 Å². The van der Waals surface area contributed by atoms with Crippen LogP contribution in [0, 0.1) is 0 Å². The van der Waals surface area contributed by atoms with E-state index >= 15 is 0 Å². The molecule has 3 rings (SSSR count). The minimum atomic E-state index is -1.07. The number of nitrogens with zero attached hydrogens (tertiary/aromatic N) is 2. The quantitative estimate of drug-likeness (QED) is 0.282. The Morgan fingerprint density at radius 1 is 1.41 bits per heavy atom. The van der Waals surface area contributed by atoms with Gasteiger partial charge in [0.15, 0.2) is 18.9 Å². The van der Waals surface area contributed by atoms with E-state index in [9.17, 15) is 14.7 Å². The second-order valence-corrected chi connectivity index (χ2v) is 5.85. The normalized spacial score (nSPS) is 23.0. The van der Waals surface area contributed by atoms with Crippen molar-refractivity contribution in [3.05, 3.63) is 41.9 Å². The lowest BCUT2D eigenvalue weighted by atomic mass is 10.0. The third-order valence-electron chi connectivity index (χ3n) is 3.44. The zero-order chi connectivity index (χ0) is 14.3. The molecule has 1 aromatic heterocycles. The van der Waals surface area contributed by atoms with Crippen molar-refractivity contribution in [2.24, 2.45) is 5.73 Å². The Bertz CT molecular complexity index is 611. The summed E-state index contributed by atoms with van der Waals surface area (Å²) in [4.78, 5) is 24.6. The maximum atomic E-state index is 11.8. The summed E-state index contributed by atoms with van der Waals surface area (Å²) in [6, 6.07) is 5.07. The number of halogens is 1. The van der Waals surface area contributed by atoms with Crippen LogP contribution in [0.5, 0.6) is 0 Å². The van der Waals surface area contributed by atoms with Crippen LogP contribution in [0.2, 0.25) is 0 Å². The smallest absolute Gasteiger partial charge is 0.352 e. The van der Waals surface area contributed by atoms with Gasteiger partial charge in [0, 0.05) is 23.5 Å². The van der Waals surface area contributed by atoms with Crippen LogP contribution in [-0.2, 0) is 16.1 Å². The largest absolute Gasteiger partial charge is 1.00 e. The molecule has 2 aliphatic heterocycles. The molecule has 0 aromatic carbocycles. The lowest BCUT2D eigenvalue weighted by Gasteiger charge is -2.47. The third kappa shape index (κ3) is 3.12. The summed E-state index contributed by atoms with van der Waals surface area (Å²) in [5.74, 6) is -0.802. The summed E-state index contributed by atoms with van der Waals surface area (Å²) in [5.41, 5.74) is 6.53. The average Bonchev–Trinajstić information content (AvgIpc) is 2.46. The highest BCUT2D eigenvalue weighted by molar-refractivity contribution is 8.00. The zero-order valence-corrected chi connectivity index (χ0v) is 14.5. The van der Waals surface area contributed by atoms with Crippen LogP contribution in [0.1, 0.15) is 0 Å². The van der Waals surface area contributed by atoms with Gasteiger partial charge in [0.2, 0.25) is 5.91 Å². The van der Waals surface area contributed by atoms with Crippen molar-refractivity contribution in [1.29, 1.82) is 0 Å². The number of hydrogen-bond donors (Lipinski definition) is 2. The van der Waals surface area contributed by atoms with Crippen molar-refractivity contribution in [2.45, 2.75) is 18.0 Å². The molecule has 2 aliphatic rings. The summed E-state index contributed by atoms with van der Waals surface area (Å²) in [6.07, 6.45) is 3.74. The lowest BCUT2D eigenvalue weighted by molar-refractivity contribution is -0.689. The number of amides is 1. The van der Waals surface area contributed by atoms with Gasteiger partial charge in [-0.1, -0.05) is 6.07 Å². The minimum Gasteiger partial charge on any atom is -1.00 e. The van der Waals surface area contributed by atoms with E-state index in [2.05, 4.69) is 0 Å². The van der Waals surface area contributed by atoms with Gasteiger partial charge in [-0.05, 0) is 0 Å². The van der Waals surface area contributed by atoms with Crippen LogP contribution < -0.4 is 34.3 Å². The highest BCUT2D eigenvalue weighted by Gasteiger charge is 2.52. The van der Waals surface area contributed by atoms with Gasteiger partial charge >= 0.3 is 5.97 Å². The maximum Gasteiger partial charge on any atom is 0.352 e. The molecule has 0 aliphatic carbocycles. The number of hydrogen-bond acceptors (Lipinski definition) is 4. The third-order valence-corrected chi connectivity index (χ3v) is 4.80. The molecule has 7 nitrogen and oxygen atoms in total. The van der Waals surface area contributed by atoms with Crippen molar-refractivity contribution in [2.75, 3.05) is 5.75 Å². The molecule has 0 bridgehead atoms. The van der Waals surface area contributed by atoms with Gasteiger partial charge in [-0.15, -0.1) is 11.8 Å². The number of nitrogens with two attached hydrogens (primary N) is 1. The number of carboxylic acid groups (broad SMARTS) is 1. The van der Waals surface area contributed by atoms with Crippen molar-refractivity contribution >= 4 is 23.6 Å². The highest BCUT2D eigenvalue weighted by Crippen LogP contribution is 2.39. The van der Waals surface area contributed by atoms with Gasteiger partial charge < -0.3 is 40.3 Å². The zero-order valence-electron chi connectivity index (χ0n) is 11.5. The van der Waals surface area contributed by atoms with Gasteiger partial charge in [0.05, 0.1) is 0 Å². The number of fused-ring (bicyclic) bond motifs is 1. The fraction of sp³-hybridized carbons (Fsp3) is 0.308. The molecule has 0 spiro atoms. The first-order chi connectivity index (χ1) is 9.59. The Balaban J connectivity index is 0.00000121. The number of aromatic nitrogens is 1. The first-order valence-corrected chi connectivity index (χ1v) is 7.24. The van der Waals surface area contributed by atoms with Crippen molar-refractivity contribution in [1.82, 2.24) is 4.90 Å². The molecule has 5 N–H and O–H groups in total. The number of thioether (sulfide) groups is 1. The number of aliphatic carboxylic acids is 1. The topological polar surface area (TPSA) is 119 Å². The average molecular weight is 437 g/mol. The van der Waals surface area contributed by atoms with E-state index in [0.29, 0.717) is 12.3 Å². The van der Waals surface area contributed by atoms with Crippen LogP contribution in [-0.4, -0.2) is 44.5 Å². The van der Waals surface area contributed by atoms with Gasteiger partial charge in [-0.3, -0.25) is 9.69 Å². The van der Waals surface area contributed by atoms with Crippen molar-refractivity contribution < 1.29 is 48.7 Å². The molecule has 2 atom stereocenters. The lowest BCUT2D eigenvalue weighted by Crippen LogP contribution is -3.00. The van der Waals surface area contributed by atoms with Crippen LogP contribution in [0.3, 0.4) is 0 Å². The predicted octanol–water partition coefficient (Wildman–Crippen LogP) is -4.27. The molecule has 1 fully saturated rings. The Labute approximate surface area is 148 Å². The molecule has 0 radical (unpaired) electrons. The Hall–Kier alpha value is -1.17. The van der Waals surface area contributed by atoms with E-state index < -0.39 is 12.0 Å². The number of carboxylic acids is 1. The number of carbonyl (C=O) groups is 2. The minimum absolute atomic E-state index is 0. The standard InChI is InChI=1S/C13H13N3O3S.HI.H2O/c14-9-11(17)16-10(13(18)19)8(7-20-12(9)16)6-15-4-2-1-3-5-15;;/h1-5,9,12H,6-7,14H2;1H;1H2/t9-,12-;;/m1../s1. The highest BCUT2D eigenvalue weighted by atomic mass is 127. The Morgan fingerprint density at radius 2 is 2.05 bits per heavy atom. The molecule has 22 heavy (non-hydrogen) atoms. The number of β-lactam (4-membered cyclic amide) rings is 1. The summed E-state index contributed by atoms with van der Waals surface area (Å²) in [7, 11) is 0. The fourth-order valence-corrected chi connectivity index (χ4v) is 3.74. The molecular weight excluding hydrogens is 421 g/mol. The SMILES string of the molecule is N[C@@H]1C(=O)N2C(C(=O)O)=C(C[n+]3ccccc3)CS[C@H]12.O.[I-]. The first kappa shape index (κ1) is 18.9. The Kier molecular flexibility index (Phi) is 6.35. The Morgan fingerprint density at radius 3 is 2.64 bits per heavy atom. The van der Waals surface area contributed by atoms with E-state index in [1.165, 1.54) is 16.7 Å². The molecule has 1 saturated heterocycles. The van der Waals surface area contributed by atoms with Gasteiger partial charge in [0.25, 0.3) is 0 Å². The van der Waals surface area contributed by atoms with Crippen LogP contribution in [0.25, 0.3) is 0 Å². The molecule has 3 heterocycles. The van der Waals surface area contributed by atoms with Crippen LogP contribution in [0.15, 0.2) is 41.9 Å². The van der Waals surface area contributed by atoms with E-state index in [1.54, 1.807) is 0 Å². The molecule has 1 amide bonds. The molecule has 0 unspecified atom stereocenters. The number of carbonyl (C=O) groups excluding carboxylic acids is 1. The predicted molar refractivity (Wildman–Crippen MR) is 76.0 cm³/mol. The fourth-order valence-electron chi connectivity index (χ4n) is 2.46. The number of pyridine rings is 1. The second kappa shape index (κ2) is 7.40. The van der Waals surface area contributed by atoms with Gasteiger partial charge in [0.1, 0.15) is 17.1 Å². The monoisotopic (exact) mass is 437 g/mol. The van der Waals surface area contributed by atoms with Gasteiger partial charge in [-0.25, -0.2) is 9.36 Å². The summed E-state index contributed by atoms with van der Waals surface area (Å²) >= 11 is 1.52. The molecule has 0 saturated carbocycles. The van der Waals surface area contributed by atoms with E-state index in [-0.39, 0.29) is 46.4 Å². The molecular formula is C13H16IN3O4S. The first-order valence-electron chi connectivity index (χ1n) is 6.19. The van der Waals surface area contributed by atoms with Crippen LogP contribution in [0.4, 0.5) is 0 Å². The summed E-state index contributed by atoms with van der Waals surface area (Å²) in [6.45, 7) is 0.460. The van der Waals surface area contributed by atoms with Crippen molar-refractivity contribution in [3.63, 3.8) is 0 Å². The maximum absolute atomic E-state index is 11.8. The molecule has 9 heteroatoms. The second-order valence-electron chi connectivity index (χ2n) is 4.74. The van der Waals surface area contributed by atoms with E-state index in [4.69, 9.17) is 5.73 Å². The van der Waals surface area contributed by atoms with E-state index in [0.717, 1.165) is 5.57 Å². The van der Waals surface area contributed by atoms with Crippen molar-refractivity contribution in [3.8, 4) is 0 Å². The summed E-state index contributed by atoms with van der Waals surface area (Å²) in [5, 5.41) is 9.16. The van der Waals surface area contributed by atoms with E-state index in [1.807, 2.05) is 35.2 Å².